The first-order chi connectivity index (χ1) is 15.5. The van der Waals surface area contributed by atoms with Crippen molar-refractivity contribution in [1.82, 2.24) is 14.3 Å². The highest BCUT2D eigenvalue weighted by Gasteiger charge is 2.21. The average molecular weight is 434 g/mol. The number of para-hydroxylation sites is 1. The molecule has 0 spiro atoms. The molecule has 0 aliphatic rings. The Bertz CT molecular complexity index is 1330. The summed E-state index contributed by atoms with van der Waals surface area (Å²) in [6.45, 7) is 0. The fraction of sp³-hybridized carbons (Fsp3) is 0.125. The molecular formula is C24H20F2N4O2. The number of rotatable bonds is 6. The molecule has 4 rings (SSSR count). The molecule has 0 radical (unpaired) electrons. The van der Waals surface area contributed by atoms with Gasteiger partial charge in [-0.05, 0) is 29.8 Å². The van der Waals surface area contributed by atoms with Gasteiger partial charge in [-0.3, -0.25) is 4.79 Å². The summed E-state index contributed by atoms with van der Waals surface area (Å²) in [6.07, 6.45) is -1.05. The molecule has 1 unspecified atom stereocenters. The number of hydrogen-bond acceptors (Lipinski definition) is 4. The number of benzene rings is 3. The topological polar surface area (TPSA) is 82.9 Å². The van der Waals surface area contributed by atoms with Gasteiger partial charge in [0.1, 0.15) is 23.5 Å². The van der Waals surface area contributed by atoms with Crippen molar-refractivity contribution in [3.8, 4) is 5.69 Å². The number of aromatic nitrogens is 3. The smallest absolute Gasteiger partial charge is 0.309 e. The Labute approximate surface area is 182 Å². The van der Waals surface area contributed by atoms with Crippen molar-refractivity contribution in [2.45, 2.75) is 19.0 Å². The molecule has 3 aromatic carbocycles. The van der Waals surface area contributed by atoms with Gasteiger partial charge in [-0.15, -0.1) is 0 Å². The Morgan fingerprint density at radius 2 is 1.44 bits per heavy atom. The zero-order chi connectivity index (χ0) is 22.7. The minimum absolute atomic E-state index is 0.194. The van der Waals surface area contributed by atoms with Gasteiger partial charge >= 0.3 is 5.69 Å². The predicted octanol–water partition coefficient (Wildman–Crippen LogP) is 2.96. The van der Waals surface area contributed by atoms with E-state index < -0.39 is 35.5 Å². The molecule has 0 saturated carbocycles. The third kappa shape index (κ3) is 4.26. The average Bonchev–Trinajstić information content (AvgIpc) is 2.79. The highest BCUT2D eigenvalue weighted by Crippen LogP contribution is 2.15. The first-order valence-electron chi connectivity index (χ1n) is 9.98. The molecule has 0 aliphatic heterocycles. The first-order valence-corrected chi connectivity index (χ1v) is 9.98. The molecule has 0 bridgehead atoms. The second-order valence-corrected chi connectivity index (χ2v) is 7.28. The summed E-state index contributed by atoms with van der Waals surface area (Å²) >= 11 is 0. The molecule has 1 aromatic heterocycles. The van der Waals surface area contributed by atoms with Crippen LogP contribution in [0.3, 0.4) is 0 Å². The van der Waals surface area contributed by atoms with Gasteiger partial charge in [-0.1, -0.05) is 54.6 Å². The fourth-order valence-electron chi connectivity index (χ4n) is 3.48. The van der Waals surface area contributed by atoms with E-state index in [4.69, 9.17) is 5.73 Å². The van der Waals surface area contributed by atoms with Crippen LogP contribution in [0, 0.1) is 11.6 Å². The van der Waals surface area contributed by atoms with Gasteiger partial charge in [-0.2, -0.15) is 9.78 Å². The highest BCUT2D eigenvalue weighted by atomic mass is 19.1. The largest absolute Gasteiger partial charge is 0.353 e. The molecule has 32 heavy (non-hydrogen) atoms. The summed E-state index contributed by atoms with van der Waals surface area (Å²) in [4.78, 5) is 26.3. The lowest BCUT2D eigenvalue weighted by Crippen LogP contribution is -2.46. The number of hydrogen-bond donors (Lipinski definition) is 1. The Hall–Kier alpha value is -3.91. The van der Waals surface area contributed by atoms with Gasteiger partial charge in [0, 0.05) is 18.4 Å². The van der Waals surface area contributed by atoms with Gasteiger partial charge in [0.15, 0.2) is 0 Å². The maximum absolute atomic E-state index is 14.2. The van der Waals surface area contributed by atoms with Crippen molar-refractivity contribution in [1.29, 1.82) is 0 Å². The quantitative estimate of drug-likeness (QED) is 0.506. The molecule has 2 N–H and O–H groups in total. The van der Waals surface area contributed by atoms with Crippen LogP contribution in [-0.2, 0) is 12.8 Å². The maximum atomic E-state index is 14.2. The molecular weight excluding hydrogens is 414 g/mol. The standard InChI is InChI=1S/C24H20F2N4O2/c25-19-12-7-13-20(26)18(19)15-21-23(31)29(17-10-5-2-6-11-17)24(32)30(28-21)22(27)14-16-8-3-1-4-9-16/h1-13,22H,14-15,27H2. The van der Waals surface area contributed by atoms with Crippen molar-refractivity contribution in [2.24, 2.45) is 5.73 Å². The van der Waals surface area contributed by atoms with Gasteiger partial charge in [0.2, 0.25) is 0 Å². The van der Waals surface area contributed by atoms with Crippen molar-refractivity contribution in [2.75, 3.05) is 0 Å². The second-order valence-electron chi connectivity index (χ2n) is 7.28. The highest BCUT2D eigenvalue weighted by molar-refractivity contribution is 5.32. The van der Waals surface area contributed by atoms with Crippen LogP contribution < -0.4 is 17.0 Å². The third-order valence-electron chi connectivity index (χ3n) is 5.09. The molecule has 4 aromatic rings. The zero-order valence-corrected chi connectivity index (χ0v) is 17.0. The minimum atomic E-state index is -0.898. The number of nitrogens with two attached hydrogens (primary N) is 1. The SMILES string of the molecule is NC(Cc1ccccc1)n1nc(Cc2c(F)cccc2F)c(=O)n(-c2ccccc2)c1=O. The molecule has 0 saturated heterocycles. The van der Waals surface area contributed by atoms with Gasteiger partial charge in [-0.25, -0.2) is 18.1 Å². The van der Waals surface area contributed by atoms with Gasteiger partial charge in [0.05, 0.1) is 5.69 Å². The van der Waals surface area contributed by atoms with Crippen LogP contribution in [0.4, 0.5) is 8.78 Å². The Kier molecular flexibility index (Phi) is 6.04. The molecule has 0 fully saturated rings. The second kappa shape index (κ2) is 9.07. The van der Waals surface area contributed by atoms with E-state index in [0.717, 1.165) is 26.9 Å². The van der Waals surface area contributed by atoms with E-state index in [9.17, 15) is 18.4 Å². The van der Waals surface area contributed by atoms with Gasteiger partial charge in [0.25, 0.3) is 5.56 Å². The van der Waals surface area contributed by atoms with E-state index in [1.165, 1.54) is 6.07 Å². The van der Waals surface area contributed by atoms with Crippen LogP contribution in [0.15, 0.2) is 88.5 Å². The van der Waals surface area contributed by atoms with Crippen LogP contribution in [0.1, 0.15) is 23.0 Å². The molecule has 8 heteroatoms. The molecule has 0 aliphatic carbocycles. The maximum Gasteiger partial charge on any atom is 0.353 e. The monoisotopic (exact) mass is 434 g/mol. The van der Waals surface area contributed by atoms with E-state index in [0.29, 0.717) is 5.69 Å². The van der Waals surface area contributed by atoms with E-state index >= 15 is 0 Å². The van der Waals surface area contributed by atoms with Gasteiger partial charge < -0.3 is 5.73 Å². The van der Waals surface area contributed by atoms with Crippen LogP contribution in [0.2, 0.25) is 0 Å². The van der Waals surface area contributed by atoms with Crippen LogP contribution in [0.25, 0.3) is 5.69 Å². The van der Waals surface area contributed by atoms with E-state index in [2.05, 4.69) is 5.10 Å². The predicted molar refractivity (Wildman–Crippen MR) is 117 cm³/mol. The Morgan fingerprint density at radius 3 is 2.06 bits per heavy atom. The summed E-state index contributed by atoms with van der Waals surface area (Å²) < 4.78 is 30.4. The molecule has 162 valence electrons. The summed E-state index contributed by atoms with van der Waals surface area (Å²) in [5, 5.41) is 4.14. The third-order valence-corrected chi connectivity index (χ3v) is 5.09. The minimum Gasteiger partial charge on any atom is -0.309 e. The lowest BCUT2D eigenvalue weighted by atomic mass is 10.1. The molecule has 1 heterocycles. The van der Waals surface area contributed by atoms with Crippen molar-refractivity contribution in [3.05, 3.63) is 128 Å². The van der Waals surface area contributed by atoms with Crippen LogP contribution in [-0.4, -0.2) is 14.3 Å². The van der Waals surface area contributed by atoms with Crippen molar-refractivity contribution in [3.63, 3.8) is 0 Å². The summed E-state index contributed by atoms with van der Waals surface area (Å²) in [7, 11) is 0. The van der Waals surface area contributed by atoms with Crippen LogP contribution >= 0.6 is 0 Å². The number of halogens is 2. The first kappa shape index (κ1) is 21.3. The van der Waals surface area contributed by atoms with Crippen LogP contribution in [0.5, 0.6) is 0 Å². The lowest BCUT2D eigenvalue weighted by Gasteiger charge is -2.17. The van der Waals surface area contributed by atoms with Crippen molar-refractivity contribution >= 4 is 0 Å². The number of nitrogens with zero attached hydrogens (tertiary/aromatic N) is 3. The molecule has 1 atom stereocenters. The van der Waals surface area contributed by atoms with Crippen molar-refractivity contribution < 1.29 is 8.78 Å². The normalized spacial score (nSPS) is 12.0. The summed E-state index contributed by atoms with van der Waals surface area (Å²) in [6, 6.07) is 21.0. The Morgan fingerprint density at radius 1 is 0.844 bits per heavy atom. The van der Waals surface area contributed by atoms with E-state index in [-0.39, 0.29) is 17.7 Å². The van der Waals surface area contributed by atoms with E-state index in [1.807, 2.05) is 30.3 Å². The lowest BCUT2D eigenvalue weighted by molar-refractivity contribution is 0.414. The molecule has 6 nitrogen and oxygen atoms in total. The van der Waals surface area contributed by atoms with E-state index in [1.54, 1.807) is 30.3 Å². The zero-order valence-electron chi connectivity index (χ0n) is 17.0. The fourth-order valence-corrected chi connectivity index (χ4v) is 3.48. The summed E-state index contributed by atoms with van der Waals surface area (Å²) in [5.74, 6) is -1.60. The Balaban J connectivity index is 1.87. The summed E-state index contributed by atoms with van der Waals surface area (Å²) in [5.41, 5.74) is 5.47. The molecule has 0 amide bonds.